The van der Waals surface area contributed by atoms with Gasteiger partial charge in [-0.15, -0.1) is 0 Å². The Kier molecular flexibility index (Phi) is 5.44. The molecule has 0 saturated carbocycles. The van der Waals surface area contributed by atoms with Crippen LogP contribution in [-0.4, -0.2) is 37.0 Å². The van der Waals surface area contributed by atoms with Crippen LogP contribution in [0.4, 0.5) is 5.69 Å². The van der Waals surface area contributed by atoms with E-state index >= 15 is 0 Å². The summed E-state index contributed by atoms with van der Waals surface area (Å²) >= 11 is 5.88. The Hall–Kier alpha value is -2.26. The minimum Gasteiger partial charge on any atom is -0.368 e. The van der Waals surface area contributed by atoms with E-state index in [-0.39, 0.29) is 5.91 Å². The molecule has 1 aliphatic rings. The number of halogens is 1. The lowest BCUT2D eigenvalue weighted by atomic mass is 10.1. The molecule has 1 aliphatic heterocycles. The van der Waals surface area contributed by atoms with E-state index in [0.717, 1.165) is 31.7 Å². The van der Waals surface area contributed by atoms with Crippen molar-refractivity contribution in [2.24, 2.45) is 0 Å². The van der Waals surface area contributed by atoms with Gasteiger partial charge in [-0.3, -0.25) is 4.79 Å². The van der Waals surface area contributed by atoms with Gasteiger partial charge in [-0.1, -0.05) is 35.9 Å². The highest BCUT2D eigenvalue weighted by Gasteiger charge is 2.20. The molecule has 0 aliphatic carbocycles. The molecule has 0 spiro atoms. The van der Waals surface area contributed by atoms with Crippen molar-refractivity contribution in [3.05, 3.63) is 70.3 Å². The Labute approximate surface area is 154 Å². The minimum absolute atomic E-state index is 0.0653. The second-order valence-corrected chi connectivity index (χ2v) is 6.85. The van der Waals surface area contributed by atoms with Gasteiger partial charge in [-0.05, 0) is 54.8 Å². The number of piperazine rings is 1. The molecule has 0 bridgehead atoms. The predicted molar refractivity (Wildman–Crippen MR) is 105 cm³/mol. The number of anilines is 1. The van der Waals surface area contributed by atoms with Crippen LogP contribution in [0.3, 0.4) is 0 Å². The number of benzene rings is 2. The van der Waals surface area contributed by atoms with Gasteiger partial charge in [0.2, 0.25) is 5.91 Å². The molecule has 1 heterocycles. The lowest BCUT2D eigenvalue weighted by Gasteiger charge is -2.36. The summed E-state index contributed by atoms with van der Waals surface area (Å²) in [6.45, 7) is 7.53. The van der Waals surface area contributed by atoms with Crippen molar-refractivity contribution in [2.45, 2.75) is 13.8 Å². The van der Waals surface area contributed by atoms with E-state index in [9.17, 15) is 4.79 Å². The molecule has 25 heavy (non-hydrogen) atoms. The second-order valence-electron chi connectivity index (χ2n) is 6.42. The molecule has 0 atom stereocenters. The third-order valence-corrected chi connectivity index (χ3v) is 5.05. The largest absolute Gasteiger partial charge is 0.368 e. The van der Waals surface area contributed by atoms with Gasteiger partial charge < -0.3 is 9.80 Å². The Morgan fingerprint density at radius 3 is 2.36 bits per heavy atom. The number of aryl methyl sites for hydroxylation is 1. The zero-order valence-corrected chi connectivity index (χ0v) is 15.5. The van der Waals surface area contributed by atoms with E-state index in [1.807, 2.05) is 35.2 Å². The number of amides is 1. The van der Waals surface area contributed by atoms with Crippen LogP contribution in [0.2, 0.25) is 5.02 Å². The first-order valence-electron chi connectivity index (χ1n) is 8.58. The third-order valence-electron chi connectivity index (χ3n) is 4.80. The molecule has 4 heteroatoms. The fraction of sp³-hybridized carbons (Fsp3) is 0.286. The molecule has 2 aromatic carbocycles. The van der Waals surface area contributed by atoms with E-state index in [4.69, 9.17) is 11.6 Å². The summed E-state index contributed by atoms with van der Waals surface area (Å²) < 4.78 is 0. The molecule has 1 amide bonds. The maximum absolute atomic E-state index is 12.4. The molecular weight excluding hydrogens is 332 g/mol. The number of rotatable bonds is 3. The number of carbonyl (C=O) groups is 1. The molecule has 3 rings (SSSR count). The van der Waals surface area contributed by atoms with Gasteiger partial charge in [0, 0.05) is 43.0 Å². The molecule has 1 saturated heterocycles. The van der Waals surface area contributed by atoms with Gasteiger partial charge in [-0.2, -0.15) is 0 Å². The average molecular weight is 355 g/mol. The van der Waals surface area contributed by atoms with E-state index in [1.165, 1.54) is 16.8 Å². The zero-order chi connectivity index (χ0) is 17.8. The van der Waals surface area contributed by atoms with Gasteiger partial charge in [0.05, 0.1) is 0 Å². The quantitative estimate of drug-likeness (QED) is 0.766. The van der Waals surface area contributed by atoms with E-state index < -0.39 is 0 Å². The van der Waals surface area contributed by atoms with Crippen molar-refractivity contribution >= 4 is 29.3 Å². The Bertz CT molecular complexity index is 775. The van der Waals surface area contributed by atoms with E-state index in [2.05, 4.69) is 36.9 Å². The summed E-state index contributed by atoms with van der Waals surface area (Å²) in [6.07, 6.45) is 3.49. The van der Waals surface area contributed by atoms with Crippen LogP contribution in [-0.2, 0) is 4.79 Å². The van der Waals surface area contributed by atoms with Gasteiger partial charge >= 0.3 is 0 Å². The monoisotopic (exact) mass is 354 g/mol. The highest BCUT2D eigenvalue weighted by Crippen LogP contribution is 2.24. The SMILES string of the molecule is Cc1cccc(N2CCN(C(=O)C=Cc3ccc(Cl)cc3)CC2)c1C. The normalized spacial score (nSPS) is 15.0. The second kappa shape index (κ2) is 7.75. The van der Waals surface area contributed by atoms with Gasteiger partial charge in [-0.25, -0.2) is 0 Å². The van der Waals surface area contributed by atoms with Crippen molar-refractivity contribution in [1.82, 2.24) is 4.90 Å². The average Bonchev–Trinajstić information content (AvgIpc) is 2.63. The molecule has 2 aromatic rings. The maximum Gasteiger partial charge on any atom is 0.246 e. The van der Waals surface area contributed by atoms with Crippen LogP contribution in [0.1, 0.15) is 16.7 Å². The minimum atomic E-state index is 0.0653. The highest BCUT2D eigenvalue weighted by molar-refractivity contribution is 6.30. The fourth-order valence-electron chi connectivity index (χ4n) is 3.09. The Balaban J connectivity index is 1.59. The summed E-state index contributed by atoms with van der Waals surface area (Å²) in [4.78, 5) is 16.7. The first-order chi connectivity index (χ1) is 12.0. The third kappa shape index (κ3) is 4.23. The molecular formula is C21H23ClN2O. The summed E-state index contributed by atoms with van der Waals surface area (Å²) in [6, 6.07) is 13.9. The molecule has 130 valence electrons. The molecule has 0 radical (unpaired) electrons. The van der Waals surface area contributed by atoms with Crippen LogP contribution >= 0.6 is 11.6 Å². The van der Waals surface area contributed by atoms with Gasteiger partial charge in [0.25, 0.3) is 0 Å². The number of hydrogen-bond donors (Lipinski definition) is 0. The van der Waals surface area contributed by atoms with Crippen LogP contribution in [0.25, 0.3) is 6.08 Å². The van der Waals surface area contributed by atoms with Gasteiger partial charge in [0.1, 0.15) is 0 Å². The van der Waals surface area contributed by atoms with Crippen LogP contribution in [0, 0.1) is 13.8 Å². The number of carbonyl (C=O) groups excluding carboxylic acids is 1. The summed E-state index contributed by atoms with van der Waals surface area (Å²) in [7, 11) is 0. The standard InChI is InChI=1S/C21H23ClN2O/c1-16-4-3-5-20(17(16)2)23-12-14-24(15-13-23)21(25)11-8-18-6-9-19(22)10-7-18/h3-11H,12-15H2,1-2H3. The van der Waals surface area contributed by atoms with Crippen molar-refractivity contribution in [2.75, 3.05) is 31.1 Å². The van der Waals surface area contributed by atoms with Crippen LogP contribution < -0.4 is 4.90 Å². The highest BCUT2D eigenvalue weighted by atomic mass is 35.5. The predicted octanol–water partition coefficient (Wildman–Crippen LogP) is 4.32. The number of nitrogens with zero attached hydrogens (tertiary/aromatic N) is 2. The Morgan fingerprint density at radius 2 is 1.68 bits per heavy atom. The first kappa shape index (κ1) is 17.6. The van der Waals surface area contributed by atoms with Crippen molar-refractivity contribution in [3.8, 4) is 0 Å². The van der Waals surface area contributed by atoms with Crippen molar-refractivity contribution in [1.29, 1.82) is 0 Å². The van der Waals surface area contributed by atoms with E-state index in [1.54, 1.807) is 6.08 Å². The van der Waals surface area contributed by atoms with Crippen molar-refractivity contribution in [3.63, 3.8) is 0 Å². The maximum atomic E-state index is 12.4. The van der Waals surface area contributed by atoms with Crippen molar-refractivity contribution < 1.29 is 4.79 Å². The molecule has 3 nitrogen and oxygen atoms in total. The summed E-state index contributed by atoms with van der Waals surface area (Å²) in [5.41, 5.74) is 4.89. The number of hydrogen-bond acceptors (Lipinski definition) is 2. The fourth-order valence-corrected chi connectivity index (χ4v) is 3.22. The summed E-state index contributed by atoms with van der Waals surface area (Å²) in [5, 5.41) is 0.700. The lowest BCUT2D eigenvalue weighted by Crippen LogP contribution is -2.48. The van der Waals surface area contributed by atoms with Crippen LogP contribution in [0.5, 0.6) is 0 Å². The smallest absolute Gasteiger partial charge is 0.246 e. The van der Waals surface area contributed by atoms with E-state index in [0.29, 0.717) is 5.02 Å². The molecule has 1 fully saturated rings. The Morgan fingerprint density at radius 1 is 1.00 bits per heavy atom. The topological polar surface area (TPSA) is 23.6 Å². The lowest BCUT2D eigenvalue weighted by molar-refractivity contribution is -0.126. The molecule has 0 unspecified atom stereocenters. The molecule has 0 N–H and O–H groups in total. The zero-order valence-electron chi connectivity index (χ0n) is 14.7. The van der Waals surface area contributed by atoms with Crippen LogP contribution in [0.15, 0.2) is 48.5 Å². The van der Waals surface area contributed by atoms with Gasteiger partial charge in [0.15, 0.2) is 0 Å². The first-order valence-corrected chi connectivity index (χ1v) is 8.96. The molecule has 0 aromatic heterocycles. The summed E-state index contributed by atoms with van der Waals surface area (Å²) in [5.74, 6) is 0.0653.